The third kappa shape index (κ3) is 3.19. The van der Waals surface area contributed by atoms with Crippen molar-refractivity contribution < 1.29 is 14.3 Å². The molecule has 1 saturated carbocycles. The Morgan fingerprint density at radius 1 is 1.44 bits per heavy atom. The molecule has 1 aromatic rings. The molecule has 5 atom stereocenters. The van der Waals surface area contributed by atoms with E-state index in [9.17, 15) is 4.79 Å². The molecular formula is C20H32N4O3. The van der Waals surface area contributed by atoms with Crippen molar-refractivity contribution in [1.82, 2.24) is 20.0 Å². The van der Waals surface area contributed by atoms with Crippen LogP contribution in [0.15, 0.2) is 12.4 Å². The predicted octanol–water partition coefficient (Wildman–Crippen LogP) is 1.36. The number of carbonyl (C=O) groups excluding carboxylic acids is 1. The molecule has 2 aliphatic heterocycles. The molecular weight excluding hydrogens is 344 g/mol. The molecule has 1 aliphatic carbocycles. The van der Waals surface area contributed by atoms with Gasteiger partial charge < -0.3 is 19.7 Å². The predicted molar refractivity (Wildman–Crippen MR) is 101 cm³/mol. The van der Waals surface area contributed by atoms with Crippen LogP contribution in [0.25, 0.3) is 0 Å². The van der Waals surface area contributed by atoms with Gasteiger partial charge in [0.15, 0.2) is 0 Å². The number of amides is 1. The molecule has 2 saturated heterocycles. The summed E-state index contributed by atoms with van der Waals surface area (Å²) in [6.07, 6.45) is 6.02. The number of rotatable bonds is 7. The van der Waals surface area contributed by atoms with Crippen LogP contribution in [0.4, 0.5) is 0 Å². The molecule has 7 nitrogen and oxygen atoms in total. The molecule has 3 unspecified atom stereocenters. The van der Waals surface area contributed by atoms with Crippen LogP contribution >= 0.6 is 0 Å². The van der Waals surface area contributed by atoms with Gasteiger partial charge in [-0.25, -0.2) is 0 Å². The molecule has 1 aromatic heterocycles. The summed E-state index contributed by atoms with van der Waals surface area (Å²) in [6, 6.07) is 0.523. The van der Waals surface area contributed by atoms with Crippen molar-refractivity contribution in [1.29, 1.82) is 0 Å². The molecule has 0 spiro atoms. The fourth-order valence-electron chi connectivity index (χ4n) is 5.56. The summed E-state index contributed by atoms with van der Waals surface area (Å²) in [5, 5.41) is 8.14. The summed E-state index contributed by atoms with van der Waals surface area (Å²) >= 11 is 0. The van der Waals surface area contributed by atoms with Crippen molar-refractivity contribution in [2.75, 3.05) is 33.4 Å². The molecule has 27 heavy (non-hydrogen) atoms. The maximum atomic E-state index is 12.7. The first kappa shape index (κ1) is 18.9. The summed E-state index contributed by atoms with van der Waals surface area (Å²) in [7, 11) is 3.60. The molecule has 4 rings (SSSR count). The first-order chi connectivity index (χ1) is 12.9. The highest BCUT2D eigenvalue weighted by molar-refractivity contribution is 5.79. The lowest BCUT2D eigenvalue weighted by molar-refractivity contribution is -0.129. The van der Waals surface area contributed by atoms with E-state index >= 15 is 0 Å². The van der Waals surface area contributed by atoms with E-state index in [1.165, 1.54) is 0 Å². The Hall–Kier alpha value is -1.44. The van der Waals surface area contributed by atoms with Crippen LogP contribution in [0.1, 0.15) is 38.3 Å². The number of methoxy groups -OCH3 is 1. The highest BCUT2D eigenvalue weighted by Gasteiger charge is 2.59. The van der Waals surface area contributed by atoms with Gasteiger partial charge in [-0.3, -0.25) is 9.48 Å². The maximum absolute atomic E-state index is 12.7. The van der Waals surface area contributed by atoms with E-state index in [2.05, 4.69) is 24.3 Å². The fraction of sp³-hybridized carbons (Fsp3) is 0.800. The zero-order valence-electron chi connectivity index (χ0n) is 16.9. The summed E-state index contributed by atoms with van der Waals surface area (Å²) < 4.78 is 13.0. The fourth-order valence-corrected chi connectivity index (χ4v) is 5.56. The quantitative estimate of drug-likeness (QED) is 0.778. The van der Waals surface area contributed by atoms with Crippen LogP contribution in [0.3, 0.4) is 0 Å². The number of aryl methyl sites for hydroxylation is 1. The highest BCUT2D eigenvalue weighted by Crippen LogP contribution is 2.52. The lowest BCUT2D eigenvalue weighted by Gasteiger charge is -2.55. The van der Waals surface area contributed by atoms with Crippen LogP contribution in [-0.2, 0) is 21.3 Å². The monoisotopic (exact) mass is 376 g/mol. The van der Waals surface area contributed by atoms with Gasteiger partial charge in [0.2, 0.25) is 5.91 Å². The number of nitrogens with one attached hydrogen (secondary N) is 1. The van der Waals surface area contributed by atoms with Gasteiger partial charge in [-0.05, 0) is 6.42 Å². The molecule has 3 heterocycles. The molecule has 1 amide bonds. The van der Waals surface area contributed by atoms with Crippen molar-refractivity contribution in [2.45, 2.75) is 44.9 Å². The minimum atomic E-state index is 0.0627. The molecule has 3 aliphatic rings. The number of aromatic nitrogens is 2. The highest BCUT2D eigenvalue weighted by atomic mass is 16.5. The van der Waals surface area contributed by atoms with E-state index in [0.717, 1.165) is 25.1 Å². The molecule has 7 heteroatoms. The van der Waals surface area contributed by atoms with Crippen LogP contribution in [-0.4, -0.2) is 66.1 Å². The van der Waals surface area contributed by atoms with E-state index in [1.807, 2.05) is 29.0 Å². The zero-order chi connectivity index (χ0) is 19.2. The van der Waals surface area contributed by atoms with E-state index in [4.69, 9.17) is 9.47 Å². The van der Waals surface area contributed by atoms with Crippen molar-refractivity contribution in [3.8, 4) is 0 Å². The molecule has 0 bridgehead atoms. The Balaban J connectivity index is 1.48. The second-order valence-corrected chi connectivity index (χ2v) is 8.89. The minimum Gasteiger partial charge on any atom is -0.383 e. The van der Waals surface area contributed by atoms with Gasteiger partial charge in [-0.15, -0.1) is 0 Å². The number of likely N-dealkylation sites (tertiary alicyclic amines) is 1. The van der Waals surface area contributed by atoms with Crippen LogP contribution in [0.5, 0.6) is 0 Å². The van der Waals surface area contributed by atoms with Gasteiger partial charge in [-0.2, -0.15) is 5.10 Å². The lowest BCUT2D eigenvalue weighted by atomic mass is 9.57. The normalized spacial score (nSPS) is 34.7. The smallest absolute Gasteiger partial charge is 0.223 e. The Bertz CT molecular complexity index is 689. The number of fused-ring (bicyclic) bond motifs is 1. The third-order valence-corrected chi connectivity index (χ3v) is 6.84. The topological polar surface area (TPSA) is 68.6 Å². The second-order valence-electron chi connectivity index (χ2n) is 8.89. The molecule has 150 valence electrons. The summed E-state index contributed by atoms with van der Waals surface area (Å²) in [5.41, 5.74) is 1.27. The van der Waals surface area contributed by atoms with E-state index < -0.39 is 0 Å². The van der Waals surface area contributed by atoms with E-state index in [1.54, 1.807) is 7.11 Å². The average Bonchev–Trinajstić information content (AvgIpc) is 3.31. The number of hydrogen-bond donors (Lipinski definition) is 1. The maximum Gasteiger partial charge on any atom is 0.223 e. The minimum absolute atomic E-state index is 0.0627. The van der Waals surface area contributed by atoms with Crippen molar-refractivity contribution in [3.05, 3.63) is 18.0 Å². The van der Waals surface area contributed by atoms with Crippen molar-refractivity contribution in [3.63, 3.8) is 0 Å². The zero-order valence-corrected chi connectivity index (χ0v) is 16.9. The van der Waals surface area contributed by atoms with Crippen LogP contribution < -0.4 is 5.32 Å². The number of hydrogen-bond acceptors (Lipinski definition) is 5. The lowest BCUT2D eigenvalue weighted by Crippen LogP contribution is -2.66. The largest absolute Gasteiger partial charge is 0.383 e. The average molecular weight is 377 g/mol. The van der Waals surface area contributed by atoms with Crippen molar-refractivity contribution in [2.24, 2.45) is 24.3 Å². The number of carbonyl (C=O) groups is 1. The van der Waals surface area contributed by atoms with E-state index in [-0.39, 0.29) is 23.3 Å². The van der Waals surface area contributed by atoms with Gasteiger partial charge in [-0.1, -0.05) is 13.8 Å². The molecule has 0 aromatic carbocycles. The SMILES string of the molecule is COCCN1C(=O)C[C@@H](CNC2C3CCOC3C2(C)C)[C@@H]1c1cnn(C)c1. The van der Waals surface area contributed by atoms with Crippen LogP contribution in [0, 0.1) is 17.3 Å². The first-order valence-corrected chi connectivity index (χ1v) is 10.1. The van der Waals surface area contributed by atoms with Gasteiger partial charge in [0.1, 0.15) is 0 Å². The summed E-state index contributed by atoms with van der Waals surface area (Å²) in [6.45, 7) is 7.48. The van der Waals surface area contributed by atoms with Gasteiger partial charge in [0.25, 0.3) is 0 Å². The van der Waals surface area contributed by atoms with Gasteiger partial charge in [0, 0.05) is 75.3 Å². The Morgan fingerprint density at radius 2 is 2.26 bits per heavy atom. The Kier molecular flexibility index (Phi) is 5.03. The summed E-state index contributed by atoms with van der Waals surface area (Å²) in [5.74, 6) is 1.07. The van der Waals surface area contributed by atoms with Gasteiger partial charge in [0.05, 0.1) is 24.9 Å². The standard InChI is InChI=1S/C20H32N4O3/c1-20(2)18(15-5-7-27-19(15)20)21-10-13-9-16(25)24(6-8-26-4)17(13)14-11-22-23(3)12-14/h11-13,15,17-19,21H,5-10H2,1-4H3/t13-,15?,17+,18?,19?/m0/s1. The second kappa shape index (κ2) is 7.18. The molecule has 1 N–H and O–H groups in total. The van der Waals surface area contributed by atoms with Crippen molar-refractivity contribution >= 4 is 5.91 Å². The van der Waals surface area contributed by atoms with E-state index in [0.29, 0.717) is 37.6 Å². The third-order valence-electron chi connectivity index (χ3n) is 6.84. The summed E-state index contributed by atoms with van der Waals surface area (Å²) in [4.78, 5) is 14.7. The number of ether oxygens (including phenoxy) is 2. The first-order valence-electron chi connectivity index (χ1n) is 10.1. The molecule has 0 radical (unpaired) electrons. The molecule has 3 fully saturated rings. The van der Waals surface area contributed by atoms with Gasteiger partial charge >= 0.3 is 0 Å². The Morgan fingerprint density at radius 3 is 2.96 bits per heavy atom. The Labute approximate surface area is 161 Å². The number of nitrogens with zero attached hydrogens (tertiary/aromatic N) is 3. The van der Waals surface area contributed by atoms with Crippen LogP contribution in [0.2, 0.25) is 0 Å².